The molecule has 1 atom stereocenters. The largest absolute Gasteiger partial charge is 0.497 e. The molecule has 0 spiro atoms. The van der Waals surface area contributed by atoms with E-state index in [-0.39, 0.29) is 6.29 Å². The lowest BCUT2D eigenvalue weighted by molar-refractivity contribution is -0.136. The molecule has 0 aromatic heterocycles. The number of rotatable bonds is 9. The highest BCUT2D eigenvalue weighted by Gasteiger charge is 2.12. The van der Waals surface area contributed by atoms with Gasteiger partial charge in [-0.05, 0) is 32.0 Å². The van der Waals surface area contributed by atoms with Crippen molar-refractivity contribution in [3.8, 4) is 5.75 Å². The third kappa shape index (κ3) is 5.72. The minimum Gasteiger partial charge on any atom is -0.497 e. The first-order valence-electron chi connectivity index (χ1n) is 6.46. The Hall–Kier alpha value is -0.910. The average molecular weight is 286 g/mol. The summed E-state index contributed by atoms with van der Waals surface area (Å²) in [6.45, 7) is 5.03. The molecule has 0 amide bonds. The van der Waals surface area contributed by atoms with Gasteiger partial charge in [-0.3, -0.25) is 4.21 Å². The quantitative estimate of drug-likeness (QED) is 0.655. The van der Waals surface area contributed by atoms with E-state index < -0.39 is 10.8 Å². The molecule has 0 aliphatic heterocycles. The van der Waals surface area contributed by atoms with Gasteiger partial charge >= 0.3 is 0 Å². The molecule has 5 heteroatoms. The Labute approximate surface area is 117 Å². The molecular formula is C14H22O4S. The van der Waals surface area contributed by atoms with E-state index >= 15 is 0 Å². The van der Waals surface area contributed by atoms with Crippen LogP contribution in [0.25, 0.3) is 0 Å². The highest BCUT2D eigenvalue weighted by atomic mass is 32.2. The topological polar surface area (TPSA) is 44.8 Å². The van der Waals surface area contributed by atoms with Crippen LogP contribution in [0.5, 0.6) is 5.75 Å². The van der Waals surface area contributed by atoms with Crippen LogP contribution in [-0.4, -0.2) is 36.6 Å². The van der Waals surface area contributed by atoms with E-state index in [4.69, 9.17) is 14.2 Å². The second kappa shape index (κ2) is 9.07. The number of hydrogen-bond acceptors (Lipinski definition) is 4. The molecule has 4 nitrogen and oxygen atoms in total. The maximum Gasteiger partial charge on any atom is 0.158 e. The monoisotopic (exact) mass is 286 g/mol. The minimum atomic E-state index is -1.06. The van der Waals surface area contributed by atoms with Gasteiger partial charge in [0.2, 0.25) is 0 Å². The van der Waals surface area contributed by atoms with Crippen molar-refractivity contribution in [2.45, 2.75) is 31.5 Å². The van der Waals surface area contributed by atoms with Crippen molar-refractivity contribution in [3.05, 3.63) is 24.3 Å². The average Bonchev–Trinajstić information content (AvgIpc) is 2.45. The zero-order valence-electron chi connectivity index (χ0n) is 11.8. The minimum absolute atomic E-state index is 0.274. The van der Waals surface area contributed by atoms with Crippen molar-refractivity contribution >= 4 is 10.8 Å². The number of methoxy groups -OCH3 is 1. The Morgan fingerprint density at radius 1 is 1.21 bits per heavy atom. The molecule has 0 aliphatic carbocycles. The van der Waals surface area contributed by atoms with Gasteiger partial charge in [0, 0.05) is 30.3 Å². The normalized spacial score (nSPS) is 12.6. The summed E-state index contributed by atoms with van der Waals surface area (Å²) in [5.41, 5.74) is 0. The van der Waals surface area contributed by atoms with Crippen LogP contribution in [-0.2, 0) is 20.3 Å². The fourth-order valence-corrected chi connectivity index (χ4v) is 2.77. The third-order valence-electron chi connectivity index (χ3n) is 2.55. The van der Waals surface area contributed by atoms with E-state index in [1.54, 1.807) is 13.2 Å². The summed E-state index contributed by atoms with van der Waals surface area (Å²) in [6.07, 6.45) is 0.343. The van der Waals surface area contributed by atoms with Crippen molar-refractivity contribution < 1.29 is 18.4 Å². The number of benzene rings is 1. The van der Waals surface area contributed by atoms with E-state index in [1.807, 2.05) is 32.0 Å². The number of hydrogen-bond donors (Lipinski definition) is 0. The zero-order chi connectivity index (χ0) is 14.1. The van der Waals surface area contributed by atoms with Crippen LogP contribution in [0, 0.1) is 0 Å². The Balaban J connectivity index is 2.53. The first-order valence-corrected chi connectivity index (χ1v) is 7.78. The Bertz CT molecular complexity index is 389. The van der Waals surface area contributed by atoms with Gasteiger partial charge in [0.15, 0.2) is 6.29 Å². The predicted molar refractivity (Wildman–Crippen MR) is 75.9 cm³/mol. The van der Waals surface area contributed by atoms with Gasteiger partial charge in [-0.25, -0.2) is 0 Å². The summed E-state index contributed by atoms with van der Waals surface area (Å²) in [6, 6.07) is 7.32. The molecule has 0 N–H and O–H groups in total. The van der Waals surface area contributed by atoms with Gasteiger partial charge < -0.3 is 14.2 Å². The van der Waals surface area contributed by atoms with Crippen LogP contribution in [0.3, 0.4) is 0 Å². The maximum atomic E-state index is 12.2. The summed E-state index contributed by atoms with van der Waals surface area (Å²) in [7, 11) is 0.536. The Morgan fingerprint density at radius 3 is 2.47 bits per heavy atom. The molecular weight excluding hydrogens is 264 g/mol. The van der Waals surface area contributed by atoms with Crippen LogP contribution in [0.15, 0.2) is 29.2 Å². The summed E-state index contributed by atoms with van der Waals surface area (Å²) in [5, 5.41) is 0. The highest BCUT2D eigenvalue weighted by Crippen LogP contribution is 2.17. The molecule has 1 unspecified atom stereocenters. The smallest absolute Gasteiger partial charge is 0.158 e. The molecule has 0 radical (unpaired) electrons. The van der Waals surface area contributed by atoms with E-state index in [9.17, 15) is 4.21 Å². The Kier molecular flexibility index (Phi) is 7.70. The van der Waals surface area contributed by atoms with Gasteiger partial charge in [-0.1, -0.05) is 6.07 Å². The van der Waals surface area contributed by atoms with Crippen molar-refractivity contribution in [1.82, 2.24) is 0 Å². The Morgan fingerprint density at radius 2 is 1.89 bits per heavy atom. The zero-order valence-corrected chi connectivity index (χ0v) is 12.6. The van der Waals surface area contributed by atoms with E-state index in [0.29, 0.717) is 25.4 Å². The van der Waals surface area contributed by atoms with Crippen LogP contribution < -0.4 is 4.74 Å². The predicted octanol–water partition coefficient (Wildman–Crippen LogP) is 2.59. The van der Waals surface area contributed by atoms with Gasteiger partial charge in [0.05, 0.1) is 17.9 Å². The molecule has 0 saturated carbocycles. The van der Waals surface area contributed by atoms with E-state index in [1.165, 1.54) is 0 Å². The fraction of sp³-hybridized carbons (Fsp3) is 0.571. The molecule has 1 aromatic rings. The van der Waals surface area contributed by atoms with Crippen LogP contribution in [0.2, 0.25) is 0 Å². The van der Waals surface area contributed by atoms with E-state index in [2.05, 4.69) is 0 Å². The first kappa shape index (κ1) is 16.1. The van der Waals surface area contributed by atoms with Crippen molar-refractivity contribution in [1.29, 1.82) is 0 Å². The second-order valence-electron chi connectivity index (χ2n) is 3.86. The summed E-state index contributed by atoms with van der Waals surface area (Å²) >= 11 is 0. The van der Waals surface area contributed by atoms with Gasteiger partial charge in [0.25, 0.3) is 0 Å². The summed E-state index contributed by atoms with van der Waals surface area (Å²) in [4.78, 5) is 0.770. The van der Waals surface area contributed by atoms with Gasteiger partial charge in [-0.2, -0.15) is 0 Å². The van der Waals surface area contributed by atoms with Crippen molar-refractivity contribution in [3.63, 3.8) is 0 Å². The van der Waals surface area contributed by atoms with Gasteiger partial charge in [-0.15, -0.1) is 0 Å². The molecule has 108 valence electrons. The number of ether oxygens (including phenoxy) is 3. The fourth-order valence-electron chi connectivity index (χ4n) is 1.65. The van der Waals surface area contributed by atoms with Crippen molar-refractivity contribution in [2.24, 2.45) is 0 Å². The molecule has 0 heterocycles. The first-order chi connectivity index (χ1) is 9.21. The van der Waals surface area contributed by atoms with Crippen LogP contribution in [0.1, 0.15) is 20.3 Å². The van der Waals surface area contributed by atoms with Crippen molar-refractivity contribution in [2.75, 3.05) is 26.1 Å². The molecule has 1 aromatic carbocycles. The lowest BCUT2D eigenvalue weighted by Crippen LogP contribution is -2.20. The van der Waals surface area contributed by atoms with Crippen LogP contribution >= 0.6 is 0 Å². The molecule has 1 rings (SSSR count). The molecule has 0 saturated heterocycles. The van der Waals surface area contributed by atoms with E-state index in [0.717, 1.165) is 10.6 Å². The molecule has 0 fully saturated rings. The lowest BCUT2D eigenvalue weighted by atomic mass is 10.3. The standard InChI is InChI=1S/C14H22O4S/c1-4-17-14(18-5-2)9-10-19(15)13-8-6-7-12(11-13)16-3/h6-8,11,14H,4-5,9-10H2,1-3H3. The molecule has 19 heavy (non-hydrogen) atoms. The second-order valence-corrected chi connectivity index (χ2v) is 5.43. The summed E-state index contributed by atoms with van der Waals surface area (Å²) in [5.74, 6) is 1.23. The summed E-state index contributed by atoms with van der Waals surface area (Å²) < 4.78 is 28.2. The molecule has 0 aliphatic rings. The third-order valence-corrected chi connectivity index (χ3v) is 3.93. The lowest BCUT2D eigenvalue weighted by Gasteiger charge is -2.16. The maximum absolute atomic E-state index is 12.2. The van der Waals surface area contributed by atoms with Crippen LogP contribution in [0.4, 0.5) is 0 Å². The highest BCUT2D eigenvalue weighted by molar-refractivity contribution is 7.85. The SMILES string of the molecule is CCOC(CCS(=O)c1cccc(OC)c1)OCC. The van der Waals surface area contributed by atoms with Gasteiger partial charge in [0.1, 0.15) is 5.75 Å². The molecule has 0 bridgehead atoms.